The lowest BCUT2D eigenvalue weighted by molar-refractivity contribution is -0.659. The minimum atomic E-state index is 0.100. The molecule has 5 aromatic rings. The van der Waals surface area contributed by atoms with Crippen LogP contribution in [0.15, 0.2) is 60.8 Å². The van der Waals surface area contributed by atoms with Crippen molar-refractivity contribution in [3.63, 3.8) is 0 Å². The fraction of sp³-hybridized carbons (Fsp3) is 0.281. The lowest BCUT2D eigenvalue weighted by Gasteiger charge is -2.27. The zero-order chi connectivity index (χ0) is 23.9. The van der Waals surface area contributed by atoms with Crippen molar-refractivity contribution in [1.29, 1.82) is 0 Å². The van der Waals surface area contributed by atoms with E-state index in [-0.39, 0.29) is 5.41 Å². The predicted octanol–water partition coefficient (Wildman–Crippen LogP) is 8.47. The Morgan fingerprint density at radius 2 is 1.59 bits per heavy atom. The maximum absolute atomic E-state index is 6.91. The average Bonchev–Trinajstić information content (AvgIpc) is 2.79. The summed E-state index contributed by atoms with van der Waals surface area (Å²) in [6.45, 7) is 13.6. The first-order valence-corrected chi connectivity index (χ1v) is 12.3. The molecule has 0 aliphatic carbocycles. The minimum Gasteiger partial charge on any atom is -0.455 e. The van der Waals surface area contributed by atoms with Gasteiger partial charge in [-0.2, -0.15) is 0 Å². The van der Waals surface area contributed by atoms with Crippen LogP contribution in [0.3, 0.4) is 0 Å². The summed E-state index contributed by atoms with van der Waals surface area (Å²) in [4.78, 5) is 0. The number of aromatic nitrogens is 1. The molecule has 0 radical (unpaired) electrons. The second-order valence-corrected chi connectivity index (χ2v) is 11.2. The summed E-state index contributed by atoms with van der Waals surface area (Å²) in [7, 11) is 2.16. The Bertz CT molecular complexity index is 1650. The Hall–Kier alpha value is -3.39. The SMILES string of the molecule is Cc1c2c(c(C(C)C)c3ccccc13)Oc1cc3cc(C(C)(C)C)ccc3c3cc[n+](C)c-2c13. The molecule has 4 aromatic carbocycles. The van der Waals surface area contributed by atoms with Crippen molar-refractivity contribution < 1.29 is 9.30 Å². The molecule has 1 aliphatic heterocycles. The molecule has 2 heteroatoms. The van der Waals surface area contributed by atoms with Gasteiger partial charge < -0.3 is 4.74 Å². The molecule has 2 heterocycles. The molecule has 0 saturated carbocycles. The molecule has 0 unspecified atom stereocenters. The molecule has 0 saturated heterocycles. The van der Waals surface area contributed by atoms with E-state index < -0.39 is 0 Å². The molecule has 1 aromatic heterocycles. The van der Waals surface area contributed by atoms with Crippen molar-refractivity contribution in [3.8, 4) is 22.8 Å². The standard InChI is InChI=1S/C32H32NO/c1-18(2)27-24-11-9-8-10-22(24)19(3)28-30-29-25(14-15-33(30)7)23-13-12-21(32(4,5)6)16-20(23)17-26(29)34-31(27)28/h8-18H,1-7H3/q+1. The maximum atomic E-state index is 6.91. The number of aryl methyl sites for hydroxylation is 2. The molecule has 170 valence electrons. The molecular weight excluding hydrogens is 414 g/mol. The van der Waals surface area contributed by atoms with E-state index in [0.717, 1.165) is 11.5 Å². The molecule has 0 atom stereocenters. The quantitative estimate of drug-likeness (QED) is 0.182. The Labute approximate surface area is 201 Å². The van der Waals surface area contributed by atoms with Gasteiger partial charge >= 0.3 is 0 Å². The summed E-state index contributed by atoms with van der Waals surface area (Å²) >= 11 is 0. The predicted molar refractivity (Wildman–Crippen MR) is 143 cm³/mol. The smallest absolute Gasteiger partial charge is 0.228 e. The lowest BCUT2D eigenvalue weighted by Crippen LogP contribution is -2.32. The van der Waals surface area contributed by atoms with Gasteiger partial charge in [-0.1, -0.05) is 77.1 Å². The van der Waals surface area contributed by atoms with Gasteiger partial charge in [-0.05, 0) is 57.0 Å². The van der Waals surface area contributed by atoms with Crippen LogP contribution in [-0.4, -0.2) is 0 Å². The summed E-state index contributed by atoms with van der Waals surface area (Å²) in [5, 5.41) is 7.59. The zero-order valence-electron chi connectivity index (χ0n) is 21.2. The molecule has 2 nitrogen and oxygen atoms in total. The van der Waals surface area contributed by atoms with Crippen LogP contribution in [0.1, 0.15) is 57.2 Å². The maximum Gasteiger partial charge on any atom is 0.228 e. The molecule has 6 rings (SSSR count). The summed E-state index contributed by atoms with van der Waals surface area (Å²) in [6.07, 6.45) is 2.21. The molecule has 0 N–H and O–H groups in total. The molecule has 34 heavy (non-hydrogen) atoms. The van der Waals surface area contributed by atoms with E-state index >= 15 is 0 Å². The first-order valence-electron chi connectivity index (χ1n) is 12.3. The van der Waals surface area contributed by atoms with Crippen LogP contribution in [0.4, 0.5) is 0 Å². The van der Waals surface area contributed by atoms with Crippen molar-refractivity contribution in [2.24, 2.45) is 7.05 Å². The third kappa shape index (κ3) is 2.84. The first-order chi connectivity index (χ1) is 16.2. The molecule has 0 spiro atoms. The number of nitrogens with zero attached hydrogens (tertiary/aromatic N) is 1. The molecule has 0 amide bonds. The third-order valence-corrected chi connectivity index (χ3v) is 7.56. The van der Waals surface area contributed by atoms with Gasteiger partial charge in [-0.25, -0.2) is 4.57 Å². The number of benzene rings is 4. The van der Waals surface area contributed by atoms with Crippen molar-refractivity contribution in [2.45, 2.75) is 52.9 Å². The van der Waals surface area contributed by atoms with Gasteiger partial charge in [0, 0.05) is 17.0 Å². The summed E-state index contributed by atoms with van der Waals surface area (Å²) in [5.41, 5.74) is 6.50. The van der Waals surface area contributed by atoms with Crippen LogP contribution >= 0.6 is 0 Å². The van der Waals surface area contributed by atoms with Crippen LogP contribution in [0.2, 0.25) is 0 Å². The highest BCUT2D eigenvalue weighted by Gasteiger charge is 2.34. The number of hydrogen-bond donors (Lipinski definition) is 0. The highest BCUT2D eigenvalue weighted by molar-refractivity contribution is 6.16. The van der Waals surface area contributed by atoms with E-state index in [2.05, 4.69) is 114 Å². The number of fused-ring (bicyclic) bond motifs is 5. The molecular formula is C32H32NO+. The van der Waals surface area contributed by atoms with Crippen molar-refractivity contribution >= 4 is 32.3 Å². The Morgan fingerprint density at radius 1 is 0.853 bits per heavy atom. The lowest BCUT2D eigenvalue weighted by atomic mass is 9.83. The zero-order valence-corrected chi connectivity index (χ0v) is 21.2. The Kier molecular flexibility index (Phi) is 4.39. The second kappa shape index (κ2) is 7.06. The van der Waals surface area contributed by atoms with E-state index in [0.29, 0.717) is 5.92 Å². The number of pyridine rings is 1. The van der Waals surface area contributed by atoms with Crippen LogP contribution in [0, 0.1) is 6.92 Å². The third-order valence-electron chi connectivity index (χ3n) is 7.56. The van der Waals surface area contributed by atoms with E-state index in [1.54, 1.807) is 0 Å². The Balaban J connectivity index is 1.79. The average molecular weight is 447 g/mol. The summed E-state index contributed by atoms with van der Waals surface area (Å²) < 4.78 is 9.18. The molecule has 1 aliphatic rings. The fourth-order valence-corrected chi connectivity index (χ4v) is 5.79. The van der Waals surface area contributed by atoms with E-state index in [1.165, 1.54) is 60.3 Å². The summed E-state index contributed by atoms with van der Waals surface area (Å²) in [5.74, 6) is 2.33. The fourth-order valence-electron chi connectivity index (χ4n) is 5.79. The van der Waals surface area contributed by atoms with Crippen molar-refractivity contribution in [2.75, 3.05) is 0 Å². The van der Waals surface area contributed by atoms with E-state index in [9.17, 15) is 0 Å². The first kappa shape index (κ1) is 21.2. The second-order valence-electron chi connectivity index (χ2n) is 11.2. The van der Waals surface area contributed by atoms with Gasteiger partial charge in [0.15, 0.2) is 6.20 Å². The van der Waals surface area contributed by atoms with Crippen molar-refractivity contribution in [3.05, 3.63) is 77.5 Å². The van der Waals surface area contributed by atoms with Gasteiger partial charge in [-0.3, -0.25) is 0 Å². The van der Waals surface area contributed by atoms with Gasteiger partial charge in [0.25, 0.3) is 0 Å². The van der Waals surface area contributed by atoms with Crippen LogP contribution in [0.25, 0.3) is 43.6 Å². The summed E-state index contributed by atoms with van der Waals surface area (Å²) in [6, 6.07) is 20.2. The number of ether oxygens (including phenoxy) is 1. The van der Waals surface area contributed by atoms with E-state index in [1.807, 2.05) is 0 Å². The topological polar surface area (TPSA) is 13.1 Å². The van der Waals surface area contributed by atoms with Gasteiger partial charge in [-0.15, -0.1) is 0 Å². The van der Waals surface area contributed by atoms with Gasteiger partial charge in [0.2, 0.25) is 5.69 Å². The van der Waals surface area contributed by atoms with Gasteiger partial charge in [0.05, 0.1) is 10.9 Å². The highest BCUT2D eigenvalue weighted by Crippen LogP contribution is 2.53. The largest absolute Gasteiger partial charge is 0.455 e. The Morgan fingerprint density at radius 3 is 2.29 bits per heavy atom. The number of hydrogen-bond acceptors (Lipinski definition) is 1. The van der Waals surface area contributed by atoms with Crippen molar-refractivity contribution in [1.82, 2.24) is 0 Å². The van der Waals surface area contributed by atoms with Crippen LogP contribution in [-0.2, 0) is 12.5 Å². The monoisotopic (exact) mass is 446 g/mol. The minimum absolute atomic E-state index is 0.100. The molecule has 0 bridgehead atoms. The van der Waals surface area contributed by atoms with E-state index in [4.69, 9.17) is 4.74 Å². The van der Waals surface area contributed by atoms with Crippen LogP contribution < -0.4 is 9.30 Å². The molecule has 0 fully saturated rings. The van der Waals surface area contributed by atoms with Crippen LogP contribution in [0.5, 0.6) is 11.5 Å². The number of rotatable bonds is 1. The highest BCUT2D eigenvalue weighted by atomic mass is 16.5. The normalized spacial score (nSPS) is 13.1. The van der Waals surface area contributed by atoms with Gasteiger partial charge in [0.1, 0.15) is 18.5 Å².